The van der Waals surface area contributed by atoms with Gasteiger partial charge in [-0.1, -0.05) is 0 Å². The van der Waals surface area contributed by atoms with E-state index in [2.05, 4.69) is 20.7 Å². The van der Waals surface area contributed by atoms with E-state index >= 15 is 0 Å². The van der Waals surface area contributed by atoms with Gasteiger partial charge in [0.05, 0.1) is 0 Å². The van der Waals surface area contributed by atoms with Gasteiger partial charge >= 0.3 is 0 Å². The van der Waals surface area contributed by atoms with Crippen molar-refractivity contribution in [1.82, 2.24) is 0 Å². The van der Waals surface area contributed by atoms with Crippen molar-refractivity contribution in [2.75, 3.05) is 0 Å². The summed E-state index contributed by atoms with van der Waals surface area (Å²) >= 11 is 3.21. The second kappa shape index (κ2) is 2.49. The standard InChI is InChI=1S/C5H7BrO2/c6-5(8-3-7)4-1-2-4/h3-5H,1-2H2. The van der Waals surface area contributed by atoms with Crippen LogP contribution in [0.1, 0.15) is 12.8 Å². The maximum atomic E-state index is 9.70. The Kier molecular flexibility index (Phi) is 1.89. The molecule has 0 heterocycles. The molecule has 46 valence electrons. The highest BCUT2D eigenvalue weighted by molar-refractivity contribution is 9.09. The van der Waals surface area contributed by atoms with Gasteiger partial charge in [0.25, 0.3) is 6.47 Å². The monoisotopic (exact) mass is 178 g/mol. The van der Waals surface area contributed by atoms with Crippen molar-refractivity contribution in [3.05, 3.63) is 0 Å². The fraction of sp³-hybridized carbons (Fsp3) is 0.800. The third kappa shape index (κ3) is 1.47. The van der Waals surface area contributed by atoms with E-state index in [1.165, 1.54) is 12.8 Å². The summed E-state index contributed by atoms with van der Waals surface area (Å²) in [5.41, 5.74) is 0. The van der Waals surface area contributed by atoms with Crippen LogP contribution in [-0.2, 0) is 9.53 Å². The van der Waals surface area contributed by atoms with Gasteiger partial charge in [-0.25, -0.2) is 0 Å². The lowest BCUT2D eigenvalue weighted by atomic mass is 10.5. The Labute approximate surface area is 56.3 Å². The highest BCUT2D eigenvalue weighted by atomic mass is 79.9. The number of halogens is 1. The summed E-state index contributed by atoms with van der Waals surface area (Å²) in [7, 11) is 0. The van der Waals surface area contributed by atoms with Gasteiger partial charge in [-0.05, 0) is 28.8 Å². The Morgan fingerprint density at radius 2 is 2.38 bits per heavy atom. The summed E-state index contributed by atoms with van der Waals surface area (Å²) in [6, 6.07) is 0. The van der Waals surface area contributed by atoms with Gasteiger partial charge < -0.3 is 4.74 Å². The quantitative estimate of drug-likeness (QED) is 0.482. The fourth-order valence-corrected chi connectivity index (χ4v) is 1.14. The summed E-state index contributed by atoms with van der Waals surface area (Å²) in [6.45, 7) is 0.484. The largest absolute Gasteiger partial charge is 0.453 e. The molecule has 1 atom stereocenters. The maximum Gasteiger partial charge on any atom is 0.294 e. The fourth-order valence-electron chi connectivity index (χ4n) is 0.522. The van der Waals surface area contributed by atoms with E-state index in [0.717, 1.165) is 0 Å². The molecule has 0 aromatic heterocycles. The number of ether oxygens (including phenoxy) is 1. The highest BCUT2D eigenvalue weighted by Gasteiger charge is 2.30. The summed E-state index contributed by atoms with van der Waals surface area (Å²) in [6.07, 6.45) is 2.37. The lowest BCUT2D eigenvalue weighted by Crippen LogP contribution is -2.03. The first-order chi connectivity index (χ1) is 3.84. The third-order valence-electron chi connectivity index (χ3n) is 1.18. The molecule has 0 aromatic rings. The van der Waals surface area contributed by atoms with Gasteiger partial charge in [0.2, 0.25) is 0 Å². The molecular formula is C5H7BrO2. The number of carbonyl (C=O) groups is 1. The molecule has 0 bridgehead atoms. The summed E-state index contributed by atoms with van der Waals surface area (Å²) < 4.78 is 4.60. The second-order valence-electron chi connectivity index (χ2n) is 1.92. The molecule has 0 radical (unpaired) electrons. The molecule has 0 aliphatic heterocycles. The lowest BCUT2D eigenvalue weighted by Gasteiger charge is -2.02. The average Bonchev–Trinajstić information content (AvgIpc) is 2.45. The summed E-state index contributed by atoms with van der Waals surface area (Å²) in [5.74, 6) is 0.584. The van der Waals surface area contributed by atoms with Crippen molar-refractivity contribution in [2.45, 2.75) is 17.9 Å². The Hall–Kier alpha value is -0.0500. The van der Waals surface area contributed by atoms with E-state index in [4.69, 9.17) is 0 Å². The van der Waals surface area contributed by atoms with E-state index < -0.39 is 0 Å². The van der Waals surface area contributed by atoms with Gasteiger partial charge in [-0.15, -0.1) is 0 Å². The van der Waals surface area contributed by atoms with Crippen molar-refractivity contribution in [3.63, 3.8) is 0 Å². The van der Waals surface area contributed by atoms with Crippen LogP contribution < -0.4 is 0 Å². The molecule has 1 aliphatic rings. The maximum absolute atomic E-state index is 9.70. The van der Waals surface area contributed by atoms with Crippen LogP contribution in [0.3, 0.4) is 0 Å². The predicted molar refractivity (Wildman–Crippen MR) is 32.6 cm³/mol. The number of carbonyl (C=O) groups excluding carboxylic acids is 1. The first-order valence-corrected chi connectivity index (χ1v) is 3.49. The molecule has 0 N–H and O–H groups in total. The topological polar surface area (TPSA) is 26.3 Å². The number of hydrogen-bond acceptors (Lipinski definition) is 2. The second-order valence-corrected chi connectivity index (χ2v) is 2.82. The predicted octanol–water partition coefficient (Wildman–Crippen LogP) is 1.29. The van der Waals surface area contributed by atoms with Crippen LogP contribution >= 0.6 is 15.9 Å². The van der Waals surface area contributed by atoms with Crippen LogP contribution in [0, 0.1) is 5.92 Å². The number of rotatable bonds is 3. The number of hydrogen-bond donors (Lipinski definition) is 0. The van der Waals surface area contributed by atoms with E-state index in [0.29, 0.717) is 12.4 Å². The van der Waals surface area contributed by atoms with E-state index in [1.807, 2.05) is 0 Å². The zero-order valence-electron chi connectivity index (χ0n) is 4.34. The van der Waals surface area contributed by atoms with Crippen LogP contribution in [0.25, 0.3) is 0 Å². The molecule has 0 saturated heterocycles. The van der Waals surface area contributed by atoms with E-state index in [-0.39, 0.29) is 5.01 Å². The molecule has 1 saturated carbocycles. The van der Waals surface area contributed by atoms with Crippen LogP contribution in [0.5, 0.6) is 0 Å². The van der Waals surface area contributed by atoms with Crippen LogP contribution in [0.15, 0.2) is 0 Å². The summed E-state index contributed by atoms with van der Waals surface area (Å²) in [5, 5.41) is -0.0278. The van der Waals surface area contributed by atoms with E-state index in [9.17, 15) is 4.79 Å². The van der Waals surface area contributed by atoms with E-state index in [1.54, 1.807) is 0 Å². The molecular weight excluding hydrogens is 172 g/mol. The lowest BCUT2D eigenvalue weighted by molar-refractivity contribution is -0.130. The smallest absolute Gasteiger partial charge is 0.294 e. The Morgan fingerprint density at radius 3 is 2.75 bits per heavy atom. The Balaban J connectivity index is 2.12. The van der Waals surface area contributed by atoms with Gasteiger partial charge in [-0.2, -0.15) is 0 Å². The third-order valence-corrected chi connectivity index (χ3v) is 2.14. The zero-order valence-corrected chi connectivity index (χ0v) is 5.93. The molecule has 1 unspecified atom stereocenters. The zero-order chi connectivity index (χ0) is 5.98. The Bertz CT molecular complexity index is 90.4. The van der Waals surface area contributed by atoms with Gasteiger partial charge in [0, 0.05) is 5.92 Å². The molecule has 0 spiro atoms. The molecule has 1 aliphatic carbocycles. The molecule has 2 nitrogen and oxygen atoms in total. The van der Waals surface area contributed by atoms with Crippen molar-refractivity contribution in [2.24, 2.45) is 5.92 Å². The first kappa shape index (κ1) is 6.08. The number of alkyl halides is 1. The average molecular weight is 179 g/mol. The van der Waals surface area contributed by atoms with Crippen LogP contribution in [0.2, 0.25) is 0 Å². The van der Waals surface area contributed by atoms with Crippen LogP contribution in [0.4, 0.5) is 0 Å². The normalized spacial score (nSPS) is 22.1. The molecule has 1 fully saturated rings. The Morgan fingerprint density at radius 1 is 1.75 bits per heavy atom. The van der Waals surface area contributed by atoms with Gasteiger partial charge in [0.1, 0.15) is 0 Å². The van der Waals surface area contributed by atoms with Crippen molar-refractivity contribution < 1.29 is 9.53 Å². The molecule has 1 rings (SSSR count). The van der Waals surface area contributed by atoms with Crippen LogP contribution in [-0.4, -0.2) is 11.5 Å². The van der Waals surface area contributed by atoms with Crippen molar-refractivity contribution in [1.29, 1.82) is 0 Å². The first-order valence-electron chi connectivity index (χ1n) is 2.58. The molecule has 8 heavy (non-hydrogen) atoms. The molecule has 3 heteroatoms. The van der Waals surface area contributed by atoms with Crippen molar-refractivity contribution in [3.8, 4) is 0 Å². The highest BCUT2D eigenvalue weighted by Crippen LogP contribution is 2.36. The minimum Gasteiger partial charge on any atom is -0.453 e. The van der Waals surface area contributed by atoms with Gasteiger partial charge in [0.15, 0.2) is 5.01 Å². The summed E-state index contributed by atoms with van der Waals surface area (Å²) in [4.78, 5) is 9.70. The van der Waals surface area contributed by atoms with Gasteiger partial charge in [-0.3, -0.25) is 4.79 Å². The minimum absolute atomic E-state index is 0.0278. The SMILES string of the molecule is O=COC(Br)C1CC1. The van der Waals surface area contributed by atoms with Crippen molar-refractivity contribution >= 4 is 22.4 Å². The minimum atomic E-state index is -0.0278. The molecule has 0 aromatic carbocycles. The molecule has 0 amide bonds.